The van der Waals surface area contributed by atoms with Gasteiger partial charge in [-0.2, -0.15) is 5.10 Å². The second-order valence-corrected chi connectivity index (χ2v) is 5.42. The van der Waals surface area contributed by atoms with Gasteiger partial charge in [0.2, 0.25) is 0 Å². The first-order chi connectivity index (χ1) is 7.56. The van der Waals surface area contributed by atoms with Gasteiger partial charge in [0.1, 0.15) is 15.8 Å². The van der Waals surface area contributed by atoms with Gasteiger partial charge >= 0.3 is 5.97 Å². The standard InChI is InChI=1S/C9H11Br3N2O2/c1-2-3-4-16-6(15)5-14-9(12)7(10)8(11)13-14/h2-5H2,1H3. The van der Waals surface area contributed by atoms with Gasteiger partial charge in [-0.05, 0) is 54.2 Å². The molecule has 16 heavy (non-hydrogen) atoms. The molecule has 1 aromatic rings. The maximum Gasteiger partial charge on any atom is 0.327 e. The first-order valence-corrected chi connectivity index (χ1v) is 7.17. The second-order valence-electron chi connectivity index (χ2n) is 3.13. The molecule has 1 aromatic heterocycles. The molecule has 0 fully saturated rings. The summed E-state index contributed by atoms with van der Waals surface area (Å²) in [7, 11) is 0. The summed E-state index contributed by atoms with van der Waals surface area (Å²) >= 11 is 9.91. The third kappa shape index (κ3) is 3.85. The molecule has 0 aliphatic rings. The maximum absolute atomic E-state index is 11.4. The summed E-state index contributed by atoms with van der Waals surface area (Å²) < 4.78 is 8.72. The van der Waals surface area contributed by atoms with Crippen LogP contribution in [-0.2, 0) is 16.1 Å². The van der Waals surface area contributed by atoms with E-state index in [1.165, 1.54) is 4.68 Å². The van der Waals surface area contributed by atoms with E-state index in [0.717, 1.165) is 17.3 Å². The lowest BCUT2D eigenvalue weighted by atomic mass is 10.4. The number of carbonyl (C=O) groups excluding carboxylic acids is 1. The van der Waals surface area contributed by atoms with E-state index in [2.05, 4.69) is 52.9 Å². The number of hydrogen-bond donors (Lipinski definition) is 0. The van der Waals surface area contributed by atoms with Crippen molar-refractivity contribution >= 4 is 53.8 Å². The lowest BCUT2D eigenvalue weighted by Crippen LogP contribution is -2.15. The lowest BCUT2D eigenvalue weighted by molar-refractivity contribution is -0.144. The highest BCUT2D eigenvalue weighted by Crippen LogP contribution is 2.30. The minimum atomic E-state index is -0.281. The largest absolute Gasteiger partial charge is 0.464 e. The summed E-state index contributed by atoms with van der Waals surface area (Å²) in [6, 6.07) is 0. The molecule has 0 N–H and O–H groups in total. The average Bonchev–Trinajstić information content (AvgIpc) is 2.47. The molecule has 4 nitrogen and oxygen atoms in total. The van der Waals surface area contributed by atoms with Crippen molar-refractivity contribution in [2.45, 2.75) is 26.3 Å². The predicted octanol–water partition coefficient (Wildman–Crippen LogP) is 3.51. The fourth-order valence-corrected chi connectivity index (χ4v) is 2.32. The van der Waals surface area contributed by atoms with Gasteiger partial charge in [0, 0.05) is 0 Å². The van der Waals surface area contributed by atoms with Crippen LogP contribution in [0.1, 0.15) is 19.8 Å². The van der Waals surface area contributed by atoms with Crippen molar-refractivity contribution in [2.75, 3.05) is 6.61 Å². The molecule has 7 heteroatoms. The molecule has 0 radical (unpaired) electrons. The van der Waals surface area contributed by atoms with Crippen LogP contribution >= 0.6 is 47.8 Å². The van der Waals surface area contributed by atoms with E-state index in [9.17, 15) is 4.79 Å². The van der Waals surface area contributed by atoms with E-state index in [1.807, 2.05) is 6.92 Å². The molecule has 0 bridgehead atoms. The zero-order valence-corrected chi connectivity index (χ0v) is 13.4. The van der Waals surface area contributed by atoms with Crippen LogP contribution in [-0.4, -0.2) is 22.4 Å². The van der Waals surface area contributed by atoms with Crippen LogP contribution in [0.2, 0.25) is 0 Å². The summed E-state index contributed by atoms with van der Waals surface area (Å²) in [4.78, 5) is 11.4. The van der Waals surface area contributed by atoms with Crippen LogP contribution in [0.25, 0.3) is 0 Å². The number of rotatable bonds is 5. The highest BCUT2D eigenvalue weighted by molar-refractivity contribution is 9.14. The minimum absolute atomic E-state index is 0.106. The van der Waals surface area contributed by atoms with Crippen molar-refractivity contribution in [2.24, 2.45) is 0 Å². The average molecular weight is 419 g/mol. The van der Waals surface area contributed by atoms with E-state index in [1.54, 1.807) is 0 Å². The van der Waals surface area contributed by atoms with Crippen molar-refractivity contribution in [1.82, 2.24) is 9.78 Å². The Balaban J connectivity index is 2.53. The van der Waals surface area contributed by atoms with Gasteiger partial charge < -0.3 is 4.74 Å². The Morgan fingerprint density at radius 1 is 1.44 bits per heavy atom. The fourth-order valence-electron chi connectivity index (χ4n) is 0.995. The minimum Gasteiger partial charge on any atom is -0.464 e. The Kier molecular flexibility index (Phi) is 5.99. The molecule has 0 amide bonds. The molecule has 1 heterocycles. The number of unbranched alkanes of at least 4 members (excludes halogenated alkanes) is 1. The van der Waals surface area contributed by atoms with Gasteiger partial charge in [-0.15, -0.1) is 0 Å². The summed E-state index contributed by atoms with van der Waals surface area (Å²) in [5.41, 5.74) is 0. The molecule has 0 unspecified atom stereocenters. The van der Waals surface area contributed by atoms with Crippen molar-refractivity contribution in [3.05, 3.63) is 13.7 Å². The van der Waals surface area contributed by atoms with Crippen LogP contribution in [0.15, 0.2) is 13.7 Å². The summed E-state index contributed by atoms with van der Waals surface area (Å²) in [5.74, 6) is -0.281. The third-order valence-electron chi connectivity index (χ3n) is 1.84. The number of hydrogen-bond acceptors (Lipinski definition) is 3. The van der Waals surface area contributed by atoms with Gasteiger partial charge in [0.15, 0.2) is 0 Å². The van der Waals surface area contributed by atoms with Crippen molar-refractivity contribution in [3.8, 4) is 0 Å². The van der Waals surface area contributed by atoms with E-state index >= 15 is 0 Å². The molecule has 0 aromatic carbocycles. The molecule has 1 rings (SSSR count). The van der Waals surface area contributed by atoms with Crippen LogP contribution in [0, 0.1) is 0 Å². The fraction of sp³-hybridized carbons (Fsp3) is 0.556. The van der Waals surface area contributed by atoms with E-state index in [0.29, 0.717) is 15.8 Å². The Morgan fingerprint density at radius 3 is 2.62 bits per heavy atom. The van der Waals surface area contributed by atoms with Gasteiger partial charge in [-0.3, -0.25) is 4.79 Å². The van der Waals surface area contributed by atoms with E-state index in [4.69, 9.17) is 4.74 Å². The Morgan fingerprint density at radius 2 is 2.12 bits per heavy atom. The van der Waals surface area contributed by atoms with Crippen LogP contribution in [0.5, 0.6) is 0 Å². The van der Waals surface area contributed by atoms with Gasteiger partial charge in [-0.25, -0.2) is 4.68 Å². The SMILES string of the molecule is CCCCOC(=O)Cn1nc(Br)c(Br)c1Br. The van der Waals surface area contributed by atoms with Gasteiger partial charge in [0.05, 0.1) is 11.1 Å². The molecule has 0 saturated heterocycles. The molecule has 0 aliphatic carbocycles. The topological polar surface area (TPSA) is 44.1 Å². The summed E-state index contributed by atoms with van der Waals surface area (Å²) in [6.07, 6.45) is 1.90. The highest BCUT2D eigenvalue weighted by atomic mass is 79.9. The zero-order chi connectivity index (χ0) is 12.1. The normalized spacial score (nSPS) is 10.5. The number of ether oxygens (including phenoxy) is 1. The number of halogens is 3. The molecule has 0 spiro atoms. The van der Waals surface area contributed by atoms with Gasteiger partial charge in [-0.1, -0.05) is 13.3 Å². The number of carbonyl (C=O) groups is 1. The number of esters is 1. The van der Waals surface area contributed by atoms with Crippen molar-refractivity contribution in [1.29, 1.82) is 0 Å². The van der Waals surface area contributed by atoms with Gasteiger partial charge in [0.25, 0.3) is 0 Å². The monoisotopic (exact) mass is 416 g/mol. The molecule has 0 aliphatic heterocycles. The lowest BCUT2D eigenvalue weighted by Gasteiger charge is -2.04. The molecule has 90 valence electrons. The molecular weight excluding hydrogens is 408 g/mol. The third-order valence-corrected chi connectivity index (χ3v) is 5.01. The smallest absolute Gasteiger partial charge is 0.327 e. The van der Waals surface area contributed by atoms with E-state index < -0.39 is 0 Å². The molecular formula is C9H11Br3N2O2. The van der Waals surface area contributed by atoms with E-state index in [-0.39, 0.29) is 12.5 Å². The van der Waals surface area contributed by atoms with Crippen LogP contribution < -0.4 is 0 Å². The zero-order valence-electron chi connectivity index (χ0n) is 8.67. The molecule has 0 saturated carbocycles. The molecule has 0 atom stereocenters. The summed E-state index contributed by atoms with van der Waals surface area (Å²) in [5, 5.41) is 4.12. The van der Waals surface area contributed by atoms with Crippen LogP contribution in [0.3, 0.4) is 0 Å². The number of aromatic nitrogens is 2. The summed E-state index contributed by atoms with van der Waals surface area (Å²) in [6.45, 7) is 2.62. The predicted molar refractivity (Wildman–Crippen MR) is 71.2 cm³/mol. The van der Waals surface area contributed by atoms with Crippen molar-refractivity contribution < 1.29 is 9.53 Å². The van der Waals surface area contributed by atoms with Crippen LogP contribution in [0.4, 0.5) is 0 Å². The highest BCUT2D eigenvalue weighted by Gasteiger charge is 2.14. The quantitative estimate of drug-likeness (QED) is 0.543. The Bertz CT molecular complexity index is 379. The second kappa shape index (κ2) is 6.76. The Labute approximate surface area is 119 Å². The maximum atomic E-state index is 11.4. The number of nitrogens with zero attached hydrogens (tertiary/aromatic N) is 2. The Hall–Kier alpha value is 0.120. The van der Waals surface area contributed by atoms with Crippen molar-refractivity contribution in [3.63, 3.8) is 0 Å². The first-order valence-electron chi connectivity index (χ1n) is 4.79. The first kappa shape index (κ1) is 14.2.